The summed E-state index contributed by atoms with van der Waals surface area (Å²) in [6.45, 7) is 8.08. The maximum absolute atomic E-state index is 11.0. The second kappa shape index (κ2) is 23.6. The van der Waals surface area contributed by atoms with Gasteiger partial charge in [0.1, 0.15) is 0 Å². The number of carbonyl (C=O) groups excluding carboxylic acids is 2. The summed E-state index contributed by atoms with van der Waals surface area (Å²) in [5, 5.41) is 22.0. The fourth-order valence-electron chi connectivity index (χ4n) is 3.14. The van der Waals surface area contributed by atoms with Crippen molar-refractivity contribution in [3.05, 3.63) is 0 Å². The summed E-state index contributed by atoms with van der Waals surface area (Å²) in [7, 11) is 0. The van der Waals surface area contributed by atoms with Gasteiger partial charge in [-0.05, 0) is 25.7 Å². The first kappa shape index (κ1) is 36.0. The third-order valence-electron chi connectivity index (χ3n) is 5.84. The molecule has 0 aromatic heterocycles. The van der Waals surface area contributed by atoms with E-state index in [0.717, 1.165) is 25.7 Å². The number of carbonyl (C=O) groups is 2. The van der Waals surface area contributed by atoms with Crippen molar-refractivity contribution in [3.63, 3.8) is 0 Å². The zero-order chi connectivity index (χ0) is 24.8. The molecule has 0 fully saturated rings. The molecule has 0 aliphatic carbocycles. The van der Waals surface area contributed by atoms with Crippen LogP contribution in [0, 0.1) is 10.8 Å². The van der Waals surface area contributed by atoms with Gasteiger partial charge in [-0.1, -0.05) is 79.1 Å². The molecule has 184 valence electrons. The number of aliphatic carboxylic acids is 2. The topological polar surface area (TPSA) is 80.3 Å². The molecule has 2 unspecified atom stereocenters. The van der Waals surface area contributed by atoms with E-state index >= 15 is 0 Å². The standard InChI is InChI=1S/2C11H22O2S.2CH3.Sn/c2*1-3-5-6-7-8-11(4-2,9-14)10(12)13;;;/h2*14H,3-9H2,1-2H3,(H,12,13);2*1H3;/q;;;;+2/p-2. The quantitative estimate of drug-likeness (QED) is 0.155. The molecule has 0 aliphatic heterocycles. The Balaban J connectivity index is -0.000000448. The number of hydrogen-bond acceptors (Lipinski definition) is 6. The van der Waals surface area contributed by atoms with E-state index in [1.165, 1.54) is 25.7 Å². The van der Waals surface area contributed by atoms with Gasteiger partial charge < -0.3 is 19.8 Å². The summed E-state index contributed by atoms with van der Waals surface area (Å²) >= 11 is 8.48. The molecule has 0 amide bonds. The molecule has 7 heteroatoms. The van der Waals surface area contributed by atoms with E-state index in [9.17, 15) is 19.8 Å². The zero-order valence-corrected chi connectivity index (χ0v) is 25.6. The summed E-state index contributed by atoms with van der Waals surface area (Å²) in [4.78, 5) is 26.6. The Morgan fingerprint density at radius 3 is 1.13 bits per heavy atom. The molecule has 0 bridgehead atoms. The molecular formula is C24H48O4S2Sn. The Morgan fingerprint density at radius 1 is 0.677 bits per heavy atom. The van der Waals surface area contributed by atoms with E-state index in [1.807, 2.05) is 13.8 Å². The summed E-state index contributed by atoms with van der Waals surface area (Å²) in [6.07, 6.45) is 11.5. The van der Waals surface area contributed by atoms with Gasteiger partial charge in [0.25, 0.3) is 0 Å². The predicted octanol–water partition coefficient (Wildman–Crippen LogP) is 4.85. The molecule has 0 saturated carbocycles. The van der Waals surface area contributed by atoms with Crippen LogP contribution in [-0.2, 0) is 9.59 Å². The molecule has 0 aliphatic rings. The summed E-state index contributed by atoms with van der Waals surface area (Å²) in [5.74, 6) is -1.10. The molecule has 0 N–H and O–H groups in total. The van der Waals surface area contributed by atoms with Crippen LogP contribution in [0.2, 0.25) is 9.88 Å². The van der Waals surface area contributed by atoms with Crippen molar-refractivity contribution in [1.29, 1.82) is 0 Å². The second-order valence-corrected chi connectivity index (χ2v) is 11.8. The van der Waals surface area contributed by atoms with Crippen LogP contribution < -0.4 is 10.2 Å². The monoisotopic (exact) mass is 584 g/mol. The van der Waals surface area contributed by atoms with E-state index in [1.54, 1.807) is 0 Å². The van der Waals surface area contributed by atoms with Gasteiger partial charge >= 0.3 is 31.0 Å². The van der Waals surface area contributed by atoms with Gasteiger partial charge in [0, 0.05) is 34.3 Å². The first-order valence-corrected chi connectivity index (χ1v) is 18.9. The summed E-state index contributed by atoms with van der Waals surface area (Å²) in [5.41, 5.74) is -1.40. The molecular weight excluding hydrogens is 535 g/mol. The van der Waals surface area contributed by atoms with Gasteiger partial charge in [-0.15, -0.1) is 0 Å². The second-order valence-electron chi connectivity index (χ2n) is 8.28. The molecule has 0 spiro atoms. The maximum atomic E-state index is 11.0. The van der Waals surface area contributed by atoms with Crippen LogP contribution in [0.5, 0.6) is 0 Å². The van der Waals surface area contributed by atoms with Crippen LogP contribution in [0.25, 0.3) is 0 Å². The van der Waals surface area contributed by atoms with E-state index < -0.39 is 22.8 Å². The number of thiol groups is 2. The first-order valence-electron chi connectivity index (χ1n) is 11.9. The Hall–Kier alpha value is 0.439. The Labute approximate surface area is 214 Å². The van der Waals surface area contributed by atoms with Crippen LogP contribution in [0.4, 0.5) is 0 Å². The molecule has 2 atom stereocenters. The normalized spacial score (nSPS) is 13.9. The number of carboxylic acid groups (broad SMARTS) is 2. The summed E-state index contributed by atoms with van der Waals surface area (Å²) < 4.78 is 0. The van der Waals surface area contributed by atoms with Gasteiger partial charge in [-0.25, -0.2) is 0 Å². The van der Waals surface area contributed by atoms with Crippen molar-refractivity contribution in [2.45, 2.75) is 115 Å². The third kappa shape index (κ3) is 16.7. The van der Waals surface area contributed by atoms with Crippen LogP contribution in [-0.4, -0.2) is 44.6 Å². The minimum absolute atomic E-state index is 0.230. The van der Waals surface area contributed by atoms with Gasteiger partial charge in [0.05, 0.1) is 0 Å². The number of carboxylic acids is 2. The third-order valence-corrected chi connectivity index (χ3v) is 7.05. The molecule has 0 radical (unpaired) electrons. The zero-order valence-electron chi connectivity index (χ0n) is 20.9. The molecule has 0 rings (SSSR count). The first-order chi connectivity index (χ1) is 14.7. The van der Waals surface area contributed by atoms with Crippen molar-refractivity contribution >= 4 is 58.3 Å². The Kier molecular flexibility index (Phi) is 27.4. The van der Waals surface area contributed by atoms with E-state index in [4.69, 9.17) is 0 Å². The van der Waals surface area contributed by atoms with Crippen molar-refractivity contribution in [2.75, 3.05) is 11.5 Å². The molecule has 31 heavy (non-hydrogen) atoms. The Bertz CT molecular complexity index is 388. The van der Waals surface area contributed by atoms with Crippen molar-refractivity contribution < 1.29 is 19.8 Å². The predicted molar refractivity (Wildman–Crippen MR) is 138 cm³/mol. The van der Waals surface area contributed by atoms with Gasteiger partial charge in [-0.2, -0.15) is 25.3 Å². The fraction of sp³-hybridized carbons (Fsp3) is 0.917. The number of hydrogen-bond donors (Lipinski definition) is 2. The minimum atomic E-state index is -0.938. The molecule has 4 nitrogen and oxygen atoms in total. The van der Waals surface area contributed by atoms with Gasteiger partial charge in [0.2, 0.25) is 0 Å². The van der Waals surface area contributed by atoms with E-state index in [2.05, 4.69) is 49.0 Å². The average molecular weight is 583 g/mol. The summed E-state index contributed by atoms with van der Waals surface area (Å²) in [6, 6.07) is 0. The van der Waals surface area contributed by atoms with Crippen molar-refractivity contribution in [2.24, 2.45) is 10.8 Å². The SMILES string of the molecule is CCCCCCC(CC)(CS)C(=O)[O-].CCCCCCC(CC)(CS)C(=O)[O-].[CH3][Sn+2][CH3]. The Morgan fingerprint density at radius 2 is 0.968 bits per heavy atom. The van der Waals surface area contributed by atoms with Crippen LogP contribution in [0.3, 0.4) is 0 Å². The molecule has 0 aromatic rings. The van der Waals surface area contributed by atoms with E-state index in [-0.39, 0.29) is 21.1 Å². The fourth-order valence-corrected chi connectivity index (χ4v) is 4.16. The molecule has 0 aromatic carbocycles. The van der Waals surface area contributed by atoms with E-state index in [0.29, 0.717) is 37.2 Å². The van der Waals surface area contributed by atoms with Crippen LogP contribution in [0.15, 0.2) is 0 Å². The molecule has 0 saturated heterocycles. The van der Waals surface area contributed by atoms with Crippen LogP contribution >= 0.6 is 25.3 Å². The molecule has 0 heterocycles. The average Bonchev–Trinajstić information content (AvgIpc) is 2.75. The van der Waals surface area contributed by atoms with Gasteiger partial charge in [-0.3, -0.25) is 0 Å². The number of unbranched alkanes of at least 4 members (excludes halogenated alkanes) is 6. The number of rotatable bonds is 16. The van der Waals surface area contributed by atoms with Gasteiger partial charge in [0.15, 0.2) is 0 Å². The van der Waals surface area contributed by atoms with Crippen molar-refractivity contribution in [1.82, 2.24) is 0 Å². The van der Waals surface area contributed by atoms with Crippen LogP contribution in [0.1, 0.15) is 105 Å². The van der Waals surface area contributed by atoms with Crippen molar-refractivity contribution in [3.8, 4) is 0 Å².